The molecule has 2 rings (SSSR count). The molecule has 2 nitrogen and oxygen atoms in total. The summed E-state index contributed by atoms with van der Waals surface area (Å²) in [5, 5.41) is 13.7. The molecule has 1 fully saturated rings. The van der Waals surface area contributed by atoms with Gasteiger partial charge in [0.2, 0.25) is 0 Å². The molecule has 0 radical (unpaired) electrons. The van der Waals surface area contributed by atoms with Crippen LogP contribution in [0.1, 0.15) is 18.4 Å². The van der Waals surface area contributed by atoms with E-state index in [2.05, 4.69) is 17.4 Å². The highest BCUT2D eigenvalue weighted by molar-refractivity contribution is 6.30. The molecular formula is C13H18ClNO. The van der Waals surface area contributed by atoms with E-state index in [1.807, 2.05) is 12.1 Å². The SMILES string of the molecule is OCC1(Cc2ccc(Cl)cc2)CCNCC1. The van der Waals surface area contributed by atoms with Crippen molar-refractivity contribution in [2.75, 3.05) is 19.7 Å². The minimum absolute atomic E-state index is 0.0685. The molecule has 88 valence electrons. The van der Waals surface area contributed by atoms with Gasteiger partial charge in [0.05, 0.1) is 0 Å². The van der Waals surface area contributed by atoms with E-state index in [0.29, 0.717) is 0 Å². The van der Waals surface area contributed by atoms with Crippen molar-refractivity contribution in [2.45, 2.75) is 19.3 Å². The number of nitrogens with one attached hydrogen (secondary N) is 1. The predicted octanol–water partition coefficient (Wildman–Crippen LogP) is 2.24. The lowest BCUT2D eigenvalue weighted by Crippen LogP contribution is -2.40. The quantitative estimate of drug-likeness (QED) is 0.848. The Balaban J connectivity index is 2.08. The highest BCUT2D eigenvalue weighted by Crippen LogP contribution is 2.32. The maximum absolute atomic E-state index is 9.60. The molecule has 0 amide bonds. The lowest BCUT2D eigenvalue weighted by atomic mass is 9.75. The lowest BCUT2D eigenvalue weighted by molar-refractivity contribution is 0.0893. The highest BCUT2D eigenvalue weighted by Gasteiger charge is 2.31. The van der Waals surface area contributed by atoms with Gasteiger partial charge in [-0.2, -0.15) is 0 Å². The third kappa shape index (κ3) is 2.76. The summed E-state index contributed by atoms with van der Waals surface area (Å²) < 4.78 is 0. The van der Waals surface area contributed by atoms with Crippen molar-refractivity contribution in [3.05, 3.63) is 34.9 Å². The van der Waals surface area contributed by atoms with Gasteiger partial charge in [0, 0.05) is 11.6 Å². The van der Waals surface area contributed by atoms with E-state index < -0.39 is 0 Å². The summed E-state index contributed by atoms with van der Waals surface area (Å²) in [6, 6.07) is 7.95. The third-order valence-electron chi connectivity index (χ3n) is 3.49. The summed E-state index contributed by atoms with van der Waals surface area (Å²) in [7, 11) is 0. The van der Waals surface area contributed by atoms with Crippen LogP contribution in [0, 0.1) is 5.41 Å². The minimum atomic E-state index is 0.0685. The lowest BCUT2D eigenvalue weighted by Gasteiger charge is -2.36. The fourth-order valence-electron chi connectivity index (χ4n) is 2.38. The van der Waals surface area contributed by atoms with Crippen LogP contribution in [0.25, 0.3) is 0 Å². The van der Waals surface area contributed by atoms with Crippen LogP contribution in [0.2, 0.25) is 5.02 Å². The number of aliphatic hydroxyl groups is 1. The zero-order chi connectivity index (χ0) is 11.4. The van der Waals surface area contributed by atoms with Crippen molar-refractivity contribution < 1.29 is 5.11 Å². The van der Waals surface area contributed by atoms with E-state index in [-0.39, 0.29) is 12.0 Å². The van der Waals surface area contributed by atoms with Crippen LogP contribution in [0.15, 0.2) is 24.3 Å². The smallest absolute Gasteiger partial charge is 0.0491 e. The topological polar surface area (TPSA) is 32.3 Å². The van der Waals surface area contributed by atoms with E-state index >= 15 is 0 Å². The molecule has 0 saturated carbocycles. The summed E-state index contributed by atoms with van der Waals surface area (Å²) in [6.45, 7) is 2.29. The molecule has 1 aliphatic heterocycles. The fraction of sp³-hybridized carbons (Fsp3) is 0.538. The van der Waals surface area contributed by atoms with Crippen molar-refractivity contribution in [1.82, 2.24) is 5.32 Å². The van der Waals surface area contributed by atoms with E-state index in [4.69, 9.17) is 11.6 Å². The van der Waals surface area contributed by atoms with E-state index in [1.54, 1.807) is 0 Å². The van der Waals surface area contributed by atoms with Crippen molar-refractivity contribution >= 4 is 11.6 Å². The van der Waals surface area contributed by atoms with Crippen molar-refractivity contribution in [1.29, 1.82) is 0 Å². The van der Waals surface area contributed by atoms with E-state index in [1.165, 1.54) is 5.56 Å². The molecule has 0 atom stereocenters. The van der Waals surface area contributed by atoms with Crippen molar-refractivity contribution in [3.8, 4) is 0 Å². The van der Waals surface area contributed by atoms with Crippen LogP contribution < -0.4 is 5.32 Å². The van der Waals surface area contributed by atoms with Crippen molar-refractivity contribution in [3.63, 3.8) is 0 Å². The monoisotopic (exact) mass is 239 g/mol. The Kier molecular flexibility index (Phi) is 3.85. The molecule has 1 saturated heterocycles. The predicted molar refractivity (Wildman–Crippen MR) is 66.8 cm³/mol. The molecule has 1 aliphatic rings. The van der Waals surface area contributed by atoms with Gasteiger partial charge in [-0.1, -0.05) is 23.7 Å². The summed E-state index contributed by atoms with van der Waals surface area (Å²) in [5.41, 5.74) is 1.33. The standard InChI is InChI=1S/C13H18ClNO/c14-12-3-1-11(2-4-12)9-13(10-16)5-7-15-8-6-13/h1-4,15-16H,5-10H2. The Bertz CT molecular complexity index is 330. The van der Waals surface area contributed by atoms with Crippen LogP contribution >= 0.6 is 11.6 Å². The maximum atomic E-state index is 9.60. The first kappa shape index (κ1) is 11.9. The van der Waals surface area contributed by atoms with Gasteiger partial charge in [-0.05, 0) is 55.5 Å². The minimum Gasteiger partial charge on any atom is -0.396 e. The van der Waals surface area contributed by atoms with Crippen LogP contribution in [-0.4, -0.2) is 24.8 Å². The Morgan fingerprint density at radius 3 is 2.38 bits per heavy atom. The van der Waals surface area contributed by atoms with Crippen molar-refractivity contribution in [2.24, 2.45) is 5.41 Å². The molecule has 0 aromatic heterocycles. The summed E-state index contributed by atoms with van der Waals surface area (Å²) in [4.78, 5) is 0. The normalized spacial score (nSPS) is 19.6. The molecule has 1 aromatic carbocycles. The van der Waals surface area contributed by atoms with Gasteiger partial charge >= 0.3 is 0 Å². The first-order valence-corrected chi connectivity index (χ1v) is 6.18. The Morgan fingerprint density at radius 2 is 1.81 bits per heavy atom. The molecule has 16 heavy (non-hydrogen) atoms. The third-order valence-corrected chi connectivity index (χ3v) is 3.74. The second kappa shape index (κ2) is 5.17. The second-order valence-electron chi connectivity index (χ2n) is 4.71. The highest BCUT2D eigenvalue weighted by atomic mass is 35.5. The van der Waals surface area contributed by atoms with Gasteiger partial charge in [0.15, 0.2) is 0 Å². The maximum Gasteiger partial charge on any atom is 0.0491 e. The molecule has 0 spiro atoms. The average molecular weight is 240 g/mol. The molecule has 3 heteroatoms. The Hall–Kier alpha value is -0.570. The molecular weight excluding hydrogens is 222 g/mol. The second-order valence-corrected chi connectivity index (χ2v) is 5.15. The number of hydrogen-bond acceptors (Lipinski definition) is 2. The summed E-state index contributed by atoms with van der Waals surface area (Å²) in [5.74, 6) is 0. The average Bonchev–Trinajstić information content (AvgIpc) is 2.33. The number of hydrogen-bond donors (Lipinski definition) is 2. The Morgan fingerprint density at radius 1 is 1.19 bits per heavy atom. The molecule has 2 N–H and O–H groups in total. The van der Waals surface area contributed by atoms with Gasteiger partial charge in [-0.25, -0.2) is 0 Å². The van der Waals surface area contributed by atoms with Crippen LogP contribution in [0.4, 0.5) is 0 Å². The molecule has 1 heterocycles. The molecule has 0 bridgehead atoms. The summed E-state index contributed by atoms with van der Waals surface area (Å²) in [6.07, 6.45) is 3.04. The van der Waals surface area contributed by atoms with Gasteiger partial charge in [0.1, 0.15) is 0 Å². The van der Waals surface area contributed by atoms with Gasteiger partial charge < -0.3 is 10.4 Å². The first-order valence-electron chi connectivity index (χ1n) is 5.80. The van der Waals surface area contributed by atoms with Gasteiger partial charge in [0.25, 0.3) is 0 Å². The number of piperidine rings is 1. The van der Waals surface area contributed by atoms with E-state index in [9.17, 15) is 5.11 Å². The van der Waals surface area contributed by atoms with Gasteiger partial charge in [-0.3, -0.25) is 0 Å². The van der Waals surface area contributed by atoms with Gasteiger partial charge in [-0.15, -0.1) is 0 Å². The zero-order valence-electron chi connectivity index (χ0n) is 9.38. The molecule has 1 aromatic rings. The van der Waals surface area contributed by atoms with Crippen LogP contribution in [-0.2, 0) is 6.42 Å². The number of rotatable bonds is 3. The fourth-order valence-corrected chi connectivity index (χ4v) is 2.51. The summed E-state index contributed by atoms with van der Waals surface area (Å²) >= 11 is 5.86. The first-order chi connectivity index (χ1) is 7.74. The largest absolute Gasteiger partial charge is 0.396 e. The molecule has 0 unspecified atom stereocenters. The molecule has 0 aliphatic carbocycles. The Labute approximate surface area is 102 Å². The number of benzene rings is 1. The van der Waals surface area contributed by atoms with Crippen LogP contribution in [0.5, 0.6) is 0 Å². The van der Waals surface area contributed by atoms with Crippen LogP contribution in [0.3, 0.4) is 0 Å². The zero-order valence-corrected chi connectivity index (χ0v) is 10.1. The number of aliphatic hydroxyl groups excluding tert-OH is 1. The van der Waals surface area contributed by atoms with E-state index in [0.717, 1.165) is 37.4 Å². The number of halogens is 1.